The molecule has 1 spiro atoms. The molecule has 1 saturated heterocycles. The van der Waals surface area contributed by atoms with Crippen LogP contribution in [-0.2, 0) is 0 Å². The Morgan fingerprint density at radius 3 is 2.65 bits per heavy atom. The Morgan fingerprint density at radius 2 is 2.10 bits per heavy atom. The van der Waals surface area contributed by atoms with Gasteiger partial charge in [-0.1, -0.05) is 38.0 Å². The number of terminal acetylenes is 1. The molecule has 0 aromatic carbocycles. The Balaban J connectivity index is 2.46. The van der Waals surface area contributed by atoms with E-state index in [1.807, 2.05) is 11.8 Å². The Morgan fingerprint density at radius 1 is 1.45 bits per heavy atom. The molecular weight excluding hydrogens is 300 g/mol. The van der Waals surface area contributed by atoms with Crippen LogP contribution in [-0.4, -0.2) is 26.6 Å². The first-order valence-corrected chi connectivity index (χ1v) is 10.2. The monoisotopic (exact) mass is 324 g/mol. The van der Waals surface area contributed by atoms with E-state index in [2.05, 4.69) is 62.9 Å². The third-order valence-electron chi connectivity index (χ3n) is 4.32. The van der Waals surface area contributed by atoms with E-state index < -0.39 is 0 Å². The van der Waals surface area contributed by atoms with E-state index in [1.54, 1.807) is 0 Å². The van der Waals surface area contributed by atoms with Gasteiger partial charge in [0, 0.05) is 0 Å². The van der Waals surface area contributed by atoms with Crippen LogP contribution < -0.4 is 0 Å². The smallest absolute Gasteiger partial charge is 0.0820 e. The van der Waals surface area contributed by atoms with Crippen molar-refractivity contribution in [3.63, 3.8) is 0 Å². The van der Waals surface area contributed by atoms with Crippen LogP contribution >= 0.6 is 35.3 Å². The molecule has 20 heavy (non-hydrogen) atoms. The summed E-state index contributed by atoms with van der Waals surface area (Å²) in [5, 5.41) is 0.505. The molecule has 1 aliphatic carbocycles. The van der Waals surface area contributed by atoms with Crippen molar-refractivity contribution in [3.8, 4) is 12.3 Å². The highest BCUT2D eigenvalue weighted by Crippen LogP contribution is 2.64. The molecule has 1 fully saturated rings. The van der Waals surface area contributed by atoms with E-state index in [4.69, 9.17) is 6.42 Å². The summed E-state index contributed by atoms with van der Waals surface area (Å²) < 4.78 is 0.267. The molecule has 0 aromatic heterocycles. The lowest BCUT2D eigenvalue weighted by molar-refractivity contribution is 0.309. The SMILES string of the molecule is C#CCSC1C(C)=C(C=C)CC(C)(C)C12SCCCS2. The second-order valence-electron chi connectivity index (χ2n) is 6.09. The van der Waals surface area contributed by atoms with Crippen molar-refractivity contribution in [2.45, 2.75) is 42.9 Å². The number of rotatable bonds is 3. The van der Waals surface area contributed by atoms with Gasteiger partial charge < -0.3 is 0 Å². The van der Waals surface area contributed by atoms with Crippen LogP contribution in [0.1, 0.15) is 33.6 Å². The van der Waals surface area contributed by atoms with Gasteiger partial charge in [0.15, 0.2) is 0 Å². The van der Waals surface area contributed by atoms with Crippen molar-refractivity contribution >= 4 is 35.3 Å². The van der Waals surface area contributed by atoms with Gasteiger partial charge in [-0.2, -0.15) is 0 Å². The van der Waals surface area contributed by atoms with Gasteiger partial charge in [0.25, 0.3) is 0 Å². The summed E-state index contributed by atoms with van der Waals surface area (Å²) in [7, 11) is 0. The van der Waals surface area contributed by atoms with E-state index in [0.29, 0.717) is 5.25 Å². The minimum Gasteiger partial charge on any atom is -0.142 e. The summed E-state index contributed by atoms with van der Waals surface area (Å²) in [6.45, 7) is 11.2. The van der Waals surface area contributed by atoms with E-state index in [1.165, 1.54) is 29.1 Å². The minimum absolute atomic E-state index is 0.267. The number of hydrogen-bond acceptors (Lipinski definition) is 3. The second kappa shape index (κ2) is 6.46. The maximum atomic E-state index is 5.52. The molecule has 0 aromatic rings. The number of hydrogen-bond donors (Lipinski definition) is 0. The quantitative estimate of drug-likeness (QED) is 0.653. The summed E-state index contributed by atoms with van der Waals surface area (Å²) in [5.74, 6) is 6.17. The highest BCUT2D eigenvalue weighted by molar-refractivity contribution is 8.20. The van der Waals surface area contributed by atoms with E-state index in [0.717, 1.165) is 12.2 Å². The van der Waals surface area contributed by atoms with Crippen LogP contribution in [0.2, 0.25) is 0 Å². The standard InChI is InChI=1S/C17H24S3/c1-6-9-18-15-13(3)14(7-2)12-16(4,5)17(15)19-10-8-11-20-17/h1,7,15H,2,8-12H2,3-5H3. The van der Waals surface area contributed by atoms with Gasteiger partial charge >= 0.3 is 0 Å². The normalized spacial score (nSPS) is 28.2. The Bertz CT molecular complexity index is 447. The zero-order chi connectivity index (χ0) is 14.8. The molecule has 2 aliphatic rings. The molecule has 0 saturated carbocycles. The summed E-state index contributed by atoms with van der Waals surface area (Å²) in [5.41, 5.74) is 3.21. The average Bonchev–Trinajstić information content (AvgIpc) is 2.44. The zero-order valence-corrected chi connectivity index (χ0v) is 15.1. The van der Waals surface area contributed by atoms with Gasteiger partial charge in [-0.05, 0) is 42.3 Å². The molecule has 0 radical (unpaired) electrons. The summed E-state index contributed by atoms with van der Waals surface area (Å²) >= 11 is 6.30. The fraction of sp³-hybridized carbons (Fsp3) is 0.647. The predicted octanol–water partition coefficient (Wildman–Crippen LogP) is 5.22. The first kappa shape index (κ1) is 16.5. The first-order chi connectivity index (χ1) is 9.48. The third kappa shape index (κ3) is 2.72. The lowest BCUT2D eigenvalue weighted by atomic mass is 9.73. The number of allylic oxidation sites excluding steroid dienone is 2. The molecule has 3 heteroatoms. The van der Waals surface area contributed by atoms with Gasteiger partial charge in [0.1, 0.15) is 0 Å². The van der Waals surface area contributed by atoms with Crippen LogP contribution in [0, 0.1) is 17.8 Å². The second-order valence-corrected chi connectivity index (χ2v) is 10.1. The fourth-order valence-electron chi connectivity index (χ4n) is 3.24. The van der Waals surface area contributed by atoms with Gasteiger partial charge in [-0.3, -0.25) is 0 Å². The largest absolute Gasteiger partial charge is 0.142 e. The molecule has 1 heterocycles. The fourth-order valence-corrected chi connectivity index (χ4v) is 9.04. The molecule has 0 amide bonds. The van der Waals surface area contributed by atoms with Crippen LogP contribution in [0.4, 0.5) is 0 Å². The van der Waals surface area contributed by atoms with Crippen molar-refractivity contribution in [2.75, 3.05) is 17.3 Å². The minimum atomic E-state index is 0.267. The van der Waals surface area contributed by atoms with Crippen molar-refractivity contribution in [2.24, 2.45) is 5.41 Å². The summed E-state index contributed by atoms with van der Waals surface area (Å²) in [4.78, 5) is 0. The van der Waals surface area contributed by atoms with Crippen molar-refractivity contribution in [1.29, 1.82) is 0 Å². The molecule has 0 nitrogen and oxygen atoms in total. The predicted molar refractivity (Wildman–Crippen MR) is 98.6 cm³/mol. The Hall–Kier alpha value is 0.0900. The van der Waals surface area contributed by atoms with Crippen LogP contribution in [0.5, 0.6) is 0 Å². The Labute approximate surface area is 137 Å². The zero-order valence-electron chi connectivity index (χ0n) is 12.7. The van der Waals surface area contributed by atoms with Gasteiger partial charge in [0.2, 0.25) is 0 Å². The van der Waals surface area contributed by atoms with Gasteiger partial charge in [-0.25, -0.2) is 0 Å². The molecule has 0 bridgehead atoms. The maximum Gasteiger partial charge on any atom is 0.0820 e. The van der Waals surface area contributed by atoms with Gasteiger partial charge in [-0.15, -0.1) is 41.7 Å². The first-order valence-electron chi connectivity index (χ1n) is 7.13. The lowest BCUT2D eigenvalue weighted by Gasteiger charge is -2.55. The molecule has 1 aliphatic heterocycles. The molecule has 110 valence electrons. The van der Waals surface area contributed by atoms with E-state index in [9.17, 15) is 0 Å². The van der Waals surface area contributed by atoms with Crippen molar-refractivity contribution < 1.29 is 0 Å². The maximum absolute atomic E-state index is 5.52. The molecular formula is C17H24S3. The average molecular weight is 325 g/mol. The molecule has 1 atom stereocenters. The Kier molecular flexibility index (Phi) is 5.32. The highest BCUT2D eigenvalue weighted by Gasteiger charge is 2.55. The van der Waals surface area contributed by atoms with Crippen LogP contribution in [0.3, 0.4) is 0 Å². The third-order valence-corrected chi connectivity index (χ3v) is 10.1. The van der Waals surface area contributed by atoms with Crippen LogP contribution in [0.15, 0.2) is 23.8 Å². The van der Waals surface area contributed by atoms with Gasteiger partial charge in [0.05, 0.1) is 15.1 Å². The highest BCUT2D eigenvalue weighted by atomic mass is 32.2. The van der Waals surface area contributed by atoms with E-state index in [-0.39, 0.29) is 9.49 Å². The molecule has 1 unspecified atom stereocenters. The summed E-state index contributed by atoms with van der Waals surface area (Å²) in [6, 6.07) is 0. The van der Waals surface area contributed by atoms with Crippen molar-refractivity contribution in [1.82, 2.24) is 0 Å². The lowest BCUT2D eigenvalue weighted by Crippen LogP contribution is -2.52. The topological polar surface area (TPSA) is 0 Å². The number of thioether (sulfide) groups is 3. The summed E-state index contributed by atoms with van der Waals surface area (Å²) in [6.07, 6.45) is 10.0. The molecule has 0 N–H and O–H groups in total. The van der Waals surface area contributed by atoms with Crippen molar-refractivity contribution in [3.05, 3.63) is 23.8 Å². The van der Waals surface area contributed by atoms with E-state index >= 15 is 0 Å². The van der Waals surface area contributed by atoms with Crippen LogP contribution in [0.25, 0.3) is 0 Å². The molecule has 2 rings (SSSR count).